The molecular weight excluding hydrogens is 234 g/mol. The number of rotatable bonds is 3. The summed E-state index contributed by atoms with van der Waals surface area (Å²) >= 11 is 0. The van der Waals surface area contributed by atoms with Crippen molar-refractivity contribution in [1.29, 1.82) is 0 Å². The first-order chi connectivity index (χ1) is 8.87. The van der Waals surface area contributed by atoms with Crippen LogP contribution < -0.4 is 5.32 Å². The molecule has 2 aromatic rings. The van der Waals surface area contributed by atoms with Crippen LogP contribution in [0.1, 0.15) is 37.6 Å². The van der Waals surface area contributed by atoms with Gasteiger partial charge in [-0.1, -0.05) is 12.1 Å². The van der Waals surface area contributed by atoms with E-state index in [1.54, 1.807) is 0 Å². The third-order valence-electron chi connectivity index (χ3n) is 3.27. The molecular formula is C16H23N3. The van der Waals surface area contributed by atoms with Gasteiger partial charge in [0.2, 0.25) is 0 Å². The summed E-state index contributed by atoms with van der Waals surface area (Å²) in [6.07, 6.45) is 2.03. The van der Waals surface area contributed by atoms with Crippen LogP contribution in [-0.2, 0) is 6.54 Å². The van der Waals surface area contributed by atoms with Crippen LogP contribution in [0.2, 0.25) is 0 Å². The van der Waals surface area contributed by atoms with Gasteiger partial charge in [-0.05, 0) is 57.9 Å². The van der Waals surface area contributed by atoms with Gasteiger partial charge in [-0.15, -0.1) is 0 Å². The largest absolute Gasteiger partial charge is 0.306 e. The monoisotopic (exact) mass is 257 g/mol. The number of benzene rings is 1. The first-order valence-electron chi connectivity index (χ1n) is 6.73. The minimum atomic E-state index is 0.114. The highest BCUT2D eigenvalue weighted by Gasteiger charge is 2.10. The molecule has 0 aliphatic heterocycles. The molecule has 0 aliphatic rings. The first kappa shape index (κ1) is 13.8. The summed E-state index contributed by atoms with van der Waals surface area (Å²) in [5.41, 5.74) is 4.91. The molecule has 1 heterocycles. The molecule has 0 saturated heterocycles. The fraction of sp³-hybridized carbons (Fsp3) is 0.438. The number of aryl methyl sites for hydroxylation is 1. The molecule has 2 rings (SSSR count). The van der Waals surface area contributed by atoms with Crippen molar-refractivity contribution in [3.8, 4) is 5.69 Å². The van der Waals surface area contributed by atoms with Crippen LogP contribution in [0.3, 0.4) is 0 Å². The normalized spacial score (nSPS) is 11.8. The zero-order valence-electron chi connectivity index (χ0n) is 12.5. The van der Waals surface area contributed by atoms with E-state index >= 15 is 0 Å². The molecule has 102 valence electrons. The third-order valence-corrected chi connectivity index (χ3v) is 3.27. The Morgan fingerprint density at radius 1 is 1.16 bits per heavy atom. The van der Waals surface area contributed by atoms with Gasteiger partial charge in [0.25, 0.3) is 0 Å². The highest BCUT2D eigenvalue weighted by atomic mass is 15.3. The van der Waals surface area contributed by atoms with Crippen LogP contribution in [0, 0.1) is 13.8 Å². The molecule has 0 atom stereocenters. The van der Waals surface area contributed by atoms with Crippen molar-refractivity contribution in [2.45, 2.75) is 46.7 Å². The van der Waals surface area contributed by atoms with Gasteiger partial charge in [-0.3, -0.25) is 0 Å². The summed E-state index contributed by atoms with van der Waals surface area (Å²) in [4.78, 5) is 0. The number of hydrogen-bond acceptors (Lipinski definition) is 2. The molecule has 19 heavy (non-hydrogen) atoms. The van der Waals surface area contributed by atoms with Gasteiger partial charge < -0.3 is 5.32 Å². The van der Waals surface area contributed by atoms with Gasteiger partial charge in [0.15, 0.2) is 0 Å². The predicted molar refractivity (Wildman–Crippen MR) is 79.6 cm³/mol. The van der Waals surface area contributed by atoms with E-state index in [2.05, 4.69) is 69.3 Å². The van der Waals surface area contributed by atoms with Gasteiger partial charge in [0, 0.05) is 18.3 Å². The molecule has 3 heteroatoms. The van der Waals surface area contributed by atoms with E-state index in [-0.39, 0.29) is 5.54 Å². The van der Waals surface area contributed by atoms with Crippen molar-refractivity contribution in [1.82, 2.24) is 15.1 Å². The maximum atomic E-state index is 4.64. The van der Waals surface area contributed by atoms with Gasteiger partial charge in [-0.2, -0.15) is 5.10 Å². The summed E-state index contributed by atoms with van der Waals surface area (Å²) in [6, 6.07) is 8.38. The lowest BCUT2D eigenvalue weighted by Crippen LogP contribution is -2.35. The van der Waals surface area contributed by atoms with E-state index in [0.29, 0.717) is 0 Å². The molecule has 0 saturated carbocycles. The maximum Gasteiger partial charge on any atom is 0.0767 e. The Kier molecular flexibility index (Phi) is 3.76. The van der Waals surface area contributed by atoms with Crippen molar-refractivity contribution < 1.29 is 0 Å². The lowest BCUT2D eigenvalue weighted by atomic mass is 10.1. The van der Waals surface area contributed by atoms with Gasteiger partial charge in [0.1, 0.15) is 0 Å². The Morgan fingerprint density at radius 3 is 2.58 bits per heavy atom. The summed E-state index contributed by atoms with van der Waals surface area (Å²) in [7, 11) is 0. The number of aromatic nitrogens is 2. The molecule has 0 radical (unpaired) electrons. The van der Waals surface area contributed by atoms with Crippen molar-refractivity contribution >= 4 is 0 Å². The highest BCUT2D eigenvalue weighted by molar-refractivity contribution is 5.44. The average molecular weight is 257 g/mol. The second kappa shape index (κ2) is 5.17. The predicted octanol–water partition coefficient (Wildman–Crippen LogP) is 3.38. The zero-order valence-corrected chi connectivity index (χ0v) is 12.5. The third kappa shape index (κ3) is 3.44. The standard InChI is InChI=1S/C16H23N3/c1-12-7-6-8-15(13(12)2)19-10-9-14(18-19)11-17-16(3,4)5/h6-10,17H,11H2,1-5H3. The highest BCUT2D eigenvalue weighted by Crippen LogP contribution is 2.17. The Balaban J connectivity index is 2.19. The van der Waals surface area contributed by atoms with Gasteiger partial charge in [-0.25, -0.2) is 4.68 Å². The molecule has 3 nitrogen and oxygen atoms in total. The molecule has 0 amide bonds. The fourth-order valence-electron chi connectivity index (χ4n) is 1.93. The summed E-state index contributed by atoms with van der Waals surface area (Å²) < 4.78 is 1.96. The summed E-state index contributed by atoms with van der Waals surface area (Å²) in [5, 5.41) is 8.09. The quantitative estimate of drug-likeness (QED) is 0.913. The molecule has 1 aromatic heterocycles. The van der Waals surface area contributed by atoms with Crippen molar-refractivity contribution in [2.24, 2.45) is 0 Å². The van der Waals surface area contributed by atoms with E-state index in [9.17, 15) is 0 Å². The van der Waals surface area contributed by atoms with Crippen molar-refractivity contribution in [3.63, 3.8) is 0 Å². The number of nitrogens with zero attached hydrogens (tertiary/aromatic N) is 2. The van der Waals surface area contributed by atoms with E-state index in [1.165, 1.54) is 11.1 Å². The van der Waals surface area contributed by atoms with Crippen LogP contribution in [0.25, 0.3) is 5.69 Å². The summed E-state index contributed by atoms with van der Waals surface area (Å²) in [6.45, 7) is 11.5. The van der Waals surface area contributed by atoms with E-state index in [0.717, 1.165) is 17.9 Å². The van der Waals surface area contributed by atoms with E-state index in [1.807, 2.05) is 10.9 Å². The van der Waals surface area contributed by atoms with E-state index < -0.39 is 0 Å². The maximum absolute atomic E-state index is 4.64. The smallest absolute Gasteiger partial charge is 0.0767 e. The lowest BCUT2D eigenvalue weighted by Gasteiger charge is -2.19. The molecule has 0 bridgehead atoms. The van der Waals surface area contributed by atoms with Crippen LogP contribution in [-0.4, -0.2) is 15.3 Å². The minimum absolute atomic E-state index is 0.114. The topological polar surface area (TPSA) is 29.9 Å². The molecule has 0 spiro atoms. The van der Waals surface area contributed by atoms with Gasteiger partial charge in [0.05, 0.1) is 11.4 Å². The van der Waals surface area contributed by atoms with Crippen LogP contribution in [0.5, 0.6) is 0 Å². The van der Waals surface area contributed by atoms with Crippen LogP contribution in [0.4, 0.5) is 0 Å². The Bertz CT molecular complexity index is 562. The zero-order chi connectivity index (χ0) is 14.0. The Morgan fingerprint density at radius 2 is 1.89 bits per heavy atom. The molecule has 0 fully saturated rings. The van der Waals surface area contributed by atoms with Crippen LogP contribution >= 0.6 is 0 Å². The Hall–Kier alpha value is -1.61. The van der Waals surface area contributed by atoms with E-state index in [4.69, 9.17) is 0 Å². The number of hydrogen-bond donors (Lipinski definition) is 1. The minimum Gasteiger partial charge on any atom is -0.306 e. The first-order valence-corrected chi connectivity index (χ1v) is 6.73. The second-order valence-corrected chi connectivity index (χ2v) is 6.07. The molecule has 0 aliphatic carbocycles. The lowest BCUT2D eigenvalue weighted by molar-refractivity contribution is 0.420. The van der Waals surface area contributed by atoms with Crippen molar-refractivity contribution in [3.05, 3.63) is 47.3 Å². The molecule has 1 aromatic carbocycles. The van der Waals surface area contributed by atoms with Crippen molar-refractivity contribution in [2.75, 3.05) is 0 Å². The van der Waals surface area contributed by atoms with Crippen LogP contribution in [0.15, 0.2) is 30.5 Å². The number of nitrogens with one attached hydrogen (secondary N) is 1. The SMILES string of the molecule is Cc1cccc(-n2ccc(CNC(C)(C)C)n2)c1C. The Labute approximate surface area is 115 Å². The van der Waals surface area contributed by atoms with Gasteiger partial charge >= 0.3 is 0 Å². The molecule has 0 unspecified atom stereocenters. The second-order valence-electron chi connectivity index (χ2n) is 6.07. The average Bonchev–Trinajstić information content (AvgIpc) is 2.78. The fourth-order valence-corrected chi connectivity index (χ4v) is 1.93. The summed E-state index contributed by atoms with van der Waals surface area (Å²) in [5.74, 6) is 0. The molecule has 1 N–H and O–H groups in total.